The van der Waals surface area contributed by atoms with Crippen LogP contribution < -0.4 is 5.32 Å². The lowest BCUT2D eigenvalue weighted by Gasteiger charge is -2.04. The van der Waals surface area contributed by atoms with Crippen molar-refractivity contribution in [2.75, 3.05) is 5.32 Å². The Bertz CT molecular complexity index is 560. The van der Waals surface area contributed by atoms with Gasteiger partial charge >= 0.3 is 0 Å². The van der Waals surface area contributed by atoms with Gasteiger partial charge in [0.25, 0.3) is 5.91 Å². The van der Waals surface area contributed by atoms with Crippen molar-refractivity contribution in [3.8, 4) is 0 Å². The van der Waals surface area contributed by atoms with Crippen molar-refractivity contribution in [2.24, 2.45) is 0 Å². The Balaban J connectivity index is 2.20. The highest BCUT2D eigenvalue weighted by atomic mass is 35.5. The first-order valence-electron chi connectivity index (χ1n) is 4.71. The minimum atomic E-state index is -0.377. The van der Waals surface area contributed by atoms with E-state index in [2.05, 4.69) is 15.3 Å². The van der Waals surface area contributed by atoms with Gasteiger partial charge in [-0.3, -0.25) is 10.1 Å². The standard InChI is InChI=1S/C11H7Cl2N3O/c12-8-4-2-1-3-7(8)10(17)16-11-14-6-5-9(13)15-11/h1-6H,(H,14,15,16,17). The molecule has 6 heteroatoms. The molecule has 0 spiro atoms. The molecule has 17 heavy (non-hydrogen) atoms. The van der Waals surface area contributed by atoms with E-state index in [1.54, 1.807) is 24.3 Å². The van der Waals surface area contributed by atoms with Crippen LogP contribution in [-0.2, 0) is 0 Å². The van der Waals surface area contributed by atoms with Gasteiger partial charge < -0.3 is 0 Å². The average Bonchev–Trinajstić information content (AvgIpc) is 2.29. The molecule has 0 aliphatic rings. The predicted molar refractivity (Wildman–Crippen MR) is 66.4 cm³/mol. The van der Waals surface area contributed by atoms with Crippen LogP contribution >= 0.6 is 23.2 Å². The molecule has 1 aromatic heterocycles. The molecule has 0 bridgehead atoms. The molecule has 0 radical (unpaired) electrons. The molecule has 1 heterocycles. The maximum atomic E-state index is 11.8. The number of hydrogen-bond donors (Lipinski definition) is 1. The summed E-state index contributed by atoms with van der Waals surface area (Å²) < 4.78 is 0. The third kappa shape index (κ3) is 2.93. The molecule has 1 N–H and O–H groups in total. The molecule has 2 aromatic rings. The summed E-state index contributed by atoms with van der Waals surface area (Å²) in [7, 11) is 0. The van der Waals surface area contributed by atoms with E-state index in [1.165, 1.54) is 12.3 Å². The zero-order valence-corrected chi connectivity index (χ0v) is 10.0. The lowest BCUT2D eigenvalue weighted by atomic mass is 10.2. The molecule has 2 rings (SSSR count). The van der Waals surface area contributed by atoms with Gasteiger partial charge in [0.2, 0.25) is 5.95 Å². The number of carbonyl (C=O) groups excluding carboxylic acids is 1. The van der Waals surface area contributed by atoms with Gasteiger partial charge in [0.1, 0.15) is 5.15 Å². The lowest BCUT2D eigenvalue weighted by molar-refractivity contribution is 0.102. The Kier molecular flexibility index (Phi) is 3.56. The Labute approximate surface area is 108 Å². The Morgan fingerprint density at radius 1 is 1.18 bits per heavy atom. The minimum Gasteiger partial charge on any atom is -0.290 e. The van der Waals surface area contributed by atoms with Gasteiger partial charge in [-0.05, 0) is 18.2 Å². The Morgan fingerprint density at radius 2 is 1.94 bits per heavy atom. The van der Waals surface area contributed by atoms with E-state index in [0.29, 0.717) is 10.6 Å². The van der Waals surface area contributed by atoms with Crippen molar-refractivity contribution in [3.63, 3.8) is 0 Å². The summed E-state index contributed by atoms with van der Waals surface area (Å²) in [5.74, 6) is -0.236. The Morgan fingerprint density at radius 3 is 2.65 bits per heavy atom. The van der Waals surface area contributed by atoms with Crippen molar-refractivity contribution in [3.05, 3.63) is 52.3 Å². The van der Waals surface area contributed by atoms with Crippen LogP contribution in [0.3, 0.4) is 0 Å². The second-order valence-electron chi connectivity index (χ2n) is 3.14. The molecule has 0 saturated carbocycles. The topological polar surface area (TPSA) is 54.9 Å². The van der Waals surface area contributed by atoms with E-state index >= 15 is 0 Å². The molecule has 0 aliphatic heterocycles. The highest BCUT2D eigenvalue weighted by Crippen LogP contribution is 2.16. The first-order chi connectivity index (χ1) is 8.16. The predicted octanol–water partition coefficient (Wildman–Crippen LogP) is 3.04. The van der Waals surface area contributed by atoms with Gasteiger partial charge in [-0.1, -0.05) is 35.3 Å². The molecule has 0 aliphatic carbocycles. The monoisotopic (exact) mass is 267 g/mol. The van der Waals surface area contributed by atoms with Crippen LogP contribution in [0.2, 0.25) is 10.2 Å². The van der Waals surface area contributed by atoms with Crippen LogP contribution in [-0.4, -0.2) is 15.9 Å². The van der Waals surface area contributed by atoms with E-state index in [4.69, 9.17) is 23.2 Å². The van der Waals surface area contributed by atoms with Crippen molar-refractivity contribution in [1.82, 2.24) is 9.97 Å². The number of halogens is 2. The van der Waals surface area contributed by atoms with Crippen molar-refractivity contribution in [1.29, 1.82) is 0 Å². The quantitative estimate of drug-likeness (QED) is 0.851. The van der Waals surface area contributed by atoms with Gasteiger partial charge in [0, 0.05) is 6.20 Å². The third-order valence-electron chi connectivity index (χ3n) is 1.97. The molecule has 0 atom stereocenters. The van der Waals surface area contributed by atoms with E-state index < -0.39 is 0 Å². The SMILES string of the molecule is O=C(Nc1nccc(Cl)n1)c1ccccc1Cl. The number of amides is 1. The molecule has 0 unspecified atom stereocenters. The summed E-state index contributed by atoms with van der Waals surface area (Å²) >= 11 is 11.6. The summed E-state index contributed by atoms with van der Waals surface area (Å²) in [6.45, 7) is 0. The van der Waals surface area contributed by atoms with Crippen molar-refractivity contribution >= 4 is 35.1 Å². The van der Waals surface area contributed by atoms with Crippen LogP contribution in [0, 0.1) is 0 Å². The number of carbonyl (C=O) groups is 1. The Hall–Kier alpha value is -1.65. The average molecular weight is 268 g/mol. The number of hydrogen-bond acceptors (Lipinski definition) is 3. The number of benzene rings is 1. The first-order valence-corrected chi connectivity index (χ1v) is 5.47. The lowest BCUT2D eigenvalue weighted by Crippen LogP contribution is -2.14. The molecule has 1 amide bonds. The number of rotatable bonds is 2. The first kappa shape index (κ1) is 11.8. The minimum absolute atomic E-state index is 0.141. The number of nitrogens with one attached hydrogen (secondary N) is 1. The summed E-state index contributed by atoms with van der Waals surface area (Å²) in [6.07, 6.45) is 1.46. The molecular weight excluding hydrogens is 261 g/mol. The smallest absolute Gasteiger partial charge is 0.259 e. The maximum Gasteiger partial charge on any atom is 0.259 e. The largest absolute Gasteiger partial charge is 0.290 e. The summed E-state index contributed by atoms with van der Waals surface area (Å²) in [4.78, 5) is 19.5. The van der Waals surface area contributed by atoms with Gasteiger partial charge in [-0.2, -0.15) is 0 Å². The fourth-order valence-corrected chi connectivity index (χ4v) is 1.57. The number of nitrogens with zero attached hydrogens (tertiary/aromatic N) is 2. The van der Waals surface area contributed by atoms with Crippen LogP contribution in [0.1, 0.15) is 10.4 Å². The van der Waals surface area contributed by atoms with Gasteiger partial charge in [0.05, 0.1) is 10.6 Å². The van der Waals surface area contributed by atoms with Crippen molar-refractivity contribution in [2.45, 2.75) is 0 Å². The van der Waals surface area contributed by atoms with Crippen LogP contribution in [0.5, 0.6) is 0 Å². The second-order valence-corrected chi connectivity index (χ2v) is 3.93. The number of anilines is 1. The fraction of sp³-hybridized carbons (Fsp3) is 0. The second kappa shape index (κ2) is 5.12. The molecular formula is C11H7Cl2N3O. The normalized spacial score (nSPS) is 10.0. The number of aromatic nitrogens is 2. The van der Waals surface area contributed by atoms with Crippen molar-refractivity contribution < 1.29 is 4.79 Å². The fourth-order valence-electron chi connectivity index (χ4n) is 1.21. The zero-order chi connectivity index (χ0) is 12.3. The van der Waals surface area contributed by atoms with E-state index in [-0.39, 0.29) is 17.0 Å². The van der Waals surface area contributed by atoms with E-state index in [9.17, 15) is 4.79 Å². The van der Waals surface area contributed by atoms with E-state index in [0.717, 1.165) is 0 Å². The maximum absolute atomic E-state index is 11.8. The summed E-state index contributed by atoms with van der Waals surface area (Å²) in [6, 6.07) is 8.23. The highest BCUT2D eigenvalue weighted by molar-refractivity contribution is 6.34. The molecule has 1 aromatic carbocycles. The summed E-state index contributed by atoms with van der Waals surface area (Å²) in [5, 5.41) is 3.14. The molecule has 0 saturated heterocycles. The molecule has 86 valence electrons. The van der Waals surface area contributed by atoms with Gasteiger partial charge in [-0.15, -0.1) is 0 Å². The van der Waals surface area contributed by atoms with Gasteiger partial charge in [0.15, 0.2) is 0 Å². The zero-order valence-electron chi connectivity index (χ0n) is 8.52. The van der Waals surface area contributed by atoms with Crippen LogP contribution in [0.15, 0.2) is 36.5 Å². The van der Waals surface area contributed by atoms with Crippen LogP contribution in [0.25, 0.3) is 0 Å². The van der Waals surface area contributed by atoms with E-state index in [1.807, 2.05) is 0 Å². The van der Waals surface area contributed by atoms with Gasteiger partial charge in [-0.25, -0.2) is 9.97 Å². The highest BCUT2D eigenvalue weighted by Gasteiger charge is 2.10. The van der Waals surface area contributed by atoms with Crippen LogP contribution in [0.4, 0.5) is 5.95 Å². The molecule has 0 fully saturated rings. The third-order valence-corrected chi connectivity index (χ3v) is 2.51. The summed E-state index contributed by atoms with van der Waals surface area (Å²) in [5.41, 5.74) is 0.359. The molecule has 4 nitrogen and oxygen atoms in total.